The third-order valence-electron chi connectivity index (χ3n) is 2.42. The predicted molar refractivity (Wildman–Crippen MR) is 66.8 cm³/mol. The second-order valence-electron chi connectivity index (χ2n) is 3.74. The average Bonchev–Trinajstić information content (AvgIpc) is 2.60. The highest BCUT2D eigenvalue weighted by Crippen LogP contribution is 2.31. The molecule has 1 fully saturated rings. The van der Waals surface area contributed by atoms with Crippen molar-refractivity contribution < 1.29 is 19.7 Å². The van der Waals surface area contributed by atoms with Crippen molar-refractivity contribution in [3.63, 3.8) is 0 Å². The summed E-state index contributed by atoms with van der Waals surface area (Å²) >= 11 is 0.898. The highest BCUT2D eigenvalue weighted by molar-refractivity contribution is 8.18. The van der Waals surface area contributed by atoms with Crippen LogP contribution >= 0.6 is 11.8 Å². The molecule has 2 rings (SSSR count). The molecule has 18 heavy (non-hydrogen) atoms. The number of halogens is 1. The average molecular weight is 267 g/mol. The van der Waals surface area contributed by atoms with Gasteiger partial charge in [0.05, 0.1) is 18.0 Å². The molecule has 0 spiro atoms. The fourth-order valence-electron chi connectivity index (χ4n) is 1.56. The van der Waals surface area contributed by atoms with Gasteiger partial charge in [0.15, 0.2) is 0 Å². The van der Waals surface area contributed by atoms with Crippen molar-refractivity contribution in [1.82, 2.24) is 4.90 Å². The van der Waals surface area contributed by atoms with Crippen LogP contribution in [0.3, 0.4) is 0 Å². The van der Waals surface area contributed by atoms with Crippen molar-refractivity contribution in [2.75, 3.05) is 13.1 Å². The summed E-state index contributed by atoms with van der Waals surface area (Å²) in [6, 6.07) is 5.74. The number of thioether (sulfide) groups is 1. The van der Waals surface area contributed by atoms with Gasteiger partial charge >= 0.3 is 0 Å². The van der Waals surface area contributed by atoms with Crippen LogP contribution in [-0.2, 0) is 4.79 Å². The summed E-state index contributed by atoms with van der Waals surface area (Å²) in [5, 5.41) is -0.281. The molecule has 1 aliphatic rings. The third kappa shape index (κ3) is 2.60. The maximum absolute atomic E-state index is 12.7. The van der Waals surface area contributed by atoms with Crippen LogP contribution in [0.2, 0.25) is 0 Å². The Bertz CT molecular complexity index is 513. The maximum Gasteiger partial charge on any atom is 0.293 e. The molecule has 2 amide bonds. The fraction of sp³-hybridized carbons (Fsp3) is 0.167. The first-order chi connectivity index (χ1) is 8.61. The maximum atomic E-state index is 12.7. The van der Waals surface area contributed by atoms with E-state index in [9.17, 15) is 14.0 Å². The summed E-state index contributed by atoms with van der Waals surface area (Å²) in [6.45, 7) is 0.813. The lowest BCUT2D eigenvalue weighted by molar-refractivity contribution is -0.367. The molecule has 4 nitrogen and oxygen atoms in total. The molecule has 1 aromatic rings. The molecule has 1 aromatic carbocycles. The summed E-state index contributed by atoms with van der Waals surface area (Å²) in [6.07, 6.45) is 1.59. The van der Waals surface area contributed by atoms with E-state index in [2.05, 4.69) is 5.73 Å². The van der Waals surface area contributed by atoms with Crippen molar-refractivity contribution >= 4 is 29.0 Å². The van der Waals surface area contributed by atoms with Gasteiger partial charge < -0.3 is 5.73 Å². The van der Waals surface area contributed by atoms with Crippen LogP contribution in [0.15, 0.2) is 29.2 Å². The number of carbonyl (C=O) groups is 2. The van der Waals surface area contributed by atoms with Gasteiger partial charge in [-0.3, -0.25) is 14.5 Å². The molecule has 0 aliphatic carbocycles. The van der Waals surface area contributed by atoms with E-state index in [4.69, 9.17) is 0 Å². The Kier molecular flexibility index (Phi) is 3.78. The number of carbonyl (C=O) groups excluding carboxylic acids is 2. The van der Waals surface area contributed by atoms with Crippen molar-refractivity contribution in [2.24, 2.45) is 0 Å². The second-order valence-corrected chi connectivity index (χ2v) is 4.73. The van der Waals surface area contributed by atoms with E-state index < -0.39 is 0 Å². The van der Waals surface area contributed by atoms with Gasteiger partial charge in [-0.1, -0.05) is 12.1 Å². The molecule has 0 aromatic heterocycles. The molecular weight excluding hydrogens is 255 g/mol. The highest BCUT2D eigenvalue weighted by atomic mass is 32.2. The minimum atomic E-state index is -0.336. The van der Waals surface area contributed by atoms with E-state index in [0.29, 0.717) is 23.6 Å². The smallest absolute Gasteiger partial charge is 0.293 e. The largest absolute Gasteiger partial charge is 0.356 e. The van der Waals surface area contributed by atoms with Crippen LogP contribution in [0.25, 0.3) is 6.08 Å². The fourth-order valence-corrected chi connectivity index (χ4v) is 2.43. The van der Waals surface area contributed by atoms with Crippen LogP contribution in [-0.4, -0.2) is 29.1 Å². The number of imide groups is 1. The van der Waals surface area contributed by atoms with E-state index >= 15 is 0 Å². The summed E-state index contributed by atoms with van der Waals surface area (Å²) in [5.74, 6) is -0.643. The lowest BCUT2D eigenvalue weighted by Gasteiger charge is -2.08. The van der Waals surface area contributed by atoms with Gasteiger partial charge in [0.1, 0.15) is 5.82 Å². The van der Waals surface area contributed by atoms with Crippen molar-refractivity contribution in [3.05, 3.63) is 40.6 Å². The first-order valence-corrected chi connectivity index (χ1v) is 6.23. The second kappa shape index (κ2) is 5.32. The monoisotopic (exact) mass is 267 g/mol. The van der Waals surface area contributed by atoms with Crippen LogP contribution in [0.1, 0.15) is 5.56 Å². The Morgan fingerprint density at radius 3 is 2.56 bits per heavy atom. The van der Waals surface area contributed by atoms with Crippen molar-refractivity contribution in [3.8, 4) is 0 Å². The number of hydrogen-bond donors (Lipinski definition) is 1. The molecule has 0 atom stereocenters. The zero-order chi connectivity index (χ0) is 13.1. The lowest BCUT2D eigenvalue weighted by atomic mass is 10.2. The number of hydrogen-bond acceptors (Lipinski definition) is 3. The standard InChI is InChI=1S/C12H11FN2O2S/c13-9-3-1-8(2-4-9)7-10-11(16)15(6-5-14)12(17)18-10/h1-4,7H,5-6,14H2/p+1. The van der Waals surface area contributed by atoms with Gasteiger partial charge in [-0.15, -0.1) is 0 Å². The topological polar surface area (TPSA) is 65.0 Å². The first-order valence-electron chi connectivity index (χ1n) is 5.42. The third-order valence-corrected chi connectivity index (χ3v) is 3.33. The van der Waals surface area contributed by atoms with Gasteiger partial charge in [-0.2, -0.15) is 0 Å². The number of nitrogens with zero attached hydrogens (tertiary/aromatic N) is 1. The first kappa shape index (κ1) is 12.8. The number of amides is 2. The molecule has 1 saturated heterocycles. The quantitative estimate of drug-likeness (QED) is 0.834. The van der Waals surface area contributed by atoms with Crippen LogP contribution in [0, 0.1) is 5.82 Å². The summed E-state index contributed by atoms with van der Waals surface area (Å²) in [5.41, 5.74) is 4.31. The van der Waals surface area contributed by atoms with E-state index in [1.165, 1.54) is 17.0 Å². The molecule has 0 bridgehead atoms. The van der Waals surface area contributed by atoms with Gasteiger partial charge in [0.25, 0.3) is 11.1 Å². The molecule has 3 N–H and O–H groups in total. The van der Waals surface area contributed by atoms with Crippen molar-refractivity contribution in [1.29, 1.82) is 0 Å². The molecule has 0 radical (unpaired) electrons. The molecular formula is C12H12FN2O2S+. The molecule has 1 aliphatic heterocycles. The van der Waals surface area contributed by atoms with Crippen LogP contribution in [0.5, 0.6) is 0 Å². The Hall–Kier alpha value is -1.66. The lowest BCUT2D eigenvalue weighted by Crippen LogP contribution is -2.55. The molecule has 0 saturated carbocycles. The Balaban J connectivity index is 2.22. The van der Waals surface area contributed by atoms with Crippen LogP contribution in [0.4, 0.5) is 9.18 Å². The Morgan fingerprint density at radius 1 is 1.28 bits per heavy atom. The van der Waals surface area contributed by atoms with E-state index in [0.717, 1.165) is 11.8 Å². The summed E-state index contributed by atoms with van der Waals surface area (Å²) in [7, 11) is 0. The van der Waals surface area contributed by atoms with Crippen molar-refractivity contribution in [2.45, 2.75) is 0 Å². The van der Waals surface area contributed by atoms with Gasteiger partial charge in [0, 0.05) is 0 Å². The summed E-state index contributed by atoms with van der Waals surface area (Å²) in [4.78, 5) is 25.0. The zero-order valence-corrected chi connectivity index (χ0v) is 10.4. The highest BCUT2D eigenvalue weighted by Gasteiger charge is 2.34. The van der Waals surface area contributed by atoms with Gasteiger partial charge in [-0.25, -0.2) is 4.39 Å². The predicted octanol–water partition coefficient (Wildman–Crippen LogP) is 1.10. The molecule has 1 heterocycles. The zero-order valence-electron chi connectivity index (χ0n) is 9.56. The Morgan fingerprint density at radius 2 is 1.94 bits per heavy atom. The molecule has 0 unspecified atom stereocenters. The summed E-state index contributed by atoms with van der Waals surface area (Å²) < 4.78 is 12.7. The minimum absolute atomic E-state index is 0.281. The number of rotatable bonds is 3. The number of benzene rings is 1. The normalized spacial score (nSPS) is 17.9. The van der Waals surface area contributed by atoms with E-state index in [1.807, 2.05) is 0 Å². The number of quaternary nitrogens is 1. The van der Waals surface area contributed by atoms with Crippen LogP contribution < -0.4 is 5.73 Å². The van der Waals surface area contributed by atoms with Gasteiger partial charge in [0.2, 0.25) is 0 Å². The van der Waals surface area contributed by atoms with Gasteiger partial charge in [-0.05, 0) is 35.5 Å². The Labute approximate surface area is 108 Å². The SMILES string of the molecule is [NH3+]CCN1C(=O)SC(=Cc2ccc(F)cc2)C1=O. The van der Waals surface area contributed by atoms with E-state index in [1.54, 1.807) is 18.2 Å². The molecule has 94 valence electrons. The molecule has 6 heteroatoms. The minimum Gasteiger partial charge on any atom is -0.356 e. The van der Waals surface area contributed by atoms with E-state index in [-0.39, 0.29) is 17.0 Å².